The Kier molecular flexibility index (Phi) is 1.48. The SMILES string of the molecule is [CH2]C1(C)C=CC=CC1C. The maximum atomic E-state index is 4.07. The predicted molar refractivity (Wildman–Crippen MR) is 40.9 cm³/mol. The van der Waals surface area contributed by atoms with E-state index in [0.29, 0.717) is 5.92 Å². The van der Waals surface area contributed by atoms with Crippen LogP contribution in [-0.2, 0) is 0 Å². The molecule has 49 valence electrons. The highest BCUT2D eigenvalue weighted by atomic mass is 14.3. The topological polar surface area (TPSA) is 0 Å². The average Bonchev–Trinajstić information content (AvgIpc) is 1.77. The summed E-state index contributed by atoms with van der Waals surface area (Å²) in [4.78, 5) is 0. The van der Waals surface area contributed by atoms with Crippen LogP contribution in [0.3, 0.4) is 0 Å². The highest BCUT2D eigenvalue weighted by Gasteiger charge is 2.21. The summed E-state index contributed by atoms with van der Waals surface area (Å²) in [5.74, 6) is 0.572. The van der Waals surface area contributed by atoms with E-state index in [1.54, 1.807) is 0 Å². The van der Waals surface area contributed by atoms with E-state index in [-0.39, 0.29) is 5.41 Å². The Balaban J connectivity index is 2.78. The summed E-state index contributed by atoms with van der Waals surface area (Å²) in [5.41, 5.74) is 0.120. The van der Waals surface area contributed by atoms with Crippen LogP contribution in [-0.4, -0.2) is 0 Å². The van der Waals surface area contributed by atoms with Gasteiger partial charge in [0.25, 0.3) is 0 Å². The van der Waals surface area contributed by atoms with Crippen LogP contribution in [0.25, 0.3) is 0 Å². The van der Waals surface area contributed by atoms with Crippen molar-refractivity contribution in [3.63, 3.8) is 0 Å². The summed E-state index contributed by atoms with van der Waals surface area (Å²) in [6.07, 6.45) is 8.48. The van der Waals surface area contributed by atoms with Crippen LogP contribution in [0.5, 0.6) is 0 Å². The Morgan fingerprint density at radius 2 is 2.11 bits per heavy atom. The summed E-state index contributed by atoms with van der Waals surface area (Å²) in [5, 5.41) is 0. The molecule has 0 heterocycles. The first-order valence-corrected chi connectivity index (χ1v) is 3.34. The van der Waals surface area contributed by atoms with Crippen molar-refractivity contribution in [3.05, 3.63) is 31.2 Å². The van der Waals surface area contributed by atoms with Gasteiger partial charge in [0.05, 0.1) is 0 Å². The van der Waals surface area contributed by atoms with Gasteiger partial charge in [0.15, 0.2) is 0 Å². The van der Waals surface area contributed by atoms with Crippen molar-refractivity contribution in [1.29, 1.82) is 0 Å². The lowest BCUT2D eigenvalue weighted by molar-refractivity contribution is 0.414. The second-order valence-corrected chi connectivity index (χ2v) is 3.04. The van der Waals surface area contributed by atoms with Gasteiger partial charge in [-0.25, -0.2) is 0 Å². The second kappa shape index (κ2) is 2.02. The van der Waals surface area contributed by atoms with Gasteiger partial charge in [-0.05, 0) is 18.3 Å². The minimum absolute atomic E-state index is 0.120. The largest absolute Gasteiger partial charge is 0.0809 e. The Hall–Kier alpha value is -0.520. The summed E-state index contributed by atoms with van der Waals surface area (Å²) >= 11 is 0. The standard InChI is InChI=1S/C9H13/c1-8-6-4-5-7-9(8,2)3/h4-8H,2H2,1,3H3. The van der Waals surface area contributed by atoms with Crippen molar-refractivity contribution >= 4 is 0 Å². The first-order chi connectivity index (χ1) is 4.13. The zero-order valence-corrected chi connectivity index (χ0v) is 6.09. The third-order valence-electron chi connectivity index (χ3n) is 2.03. The van der Waals surface area contributed by atoms with Crippen LogP contribution in [0.1, 0.15) is 13.8 Å². The molecule has 0 heteroatoms. The van der Waals surface area contributed by atoms with Crippen molar-refractivity contribution in [2.75, 3.05) is 0 Å². The molecule has 2 atom stereocenters. The van der Waals surface area contributed by atoms with Gasteiger partial charge < -0.3 is 0 Å². The molecule has 0 aliphatic heterocycles. The van der Waals surface area contributed by atoms with Gasteiger partial charge in [-0.1, -0.05) is 38.2 Å². The first-order valence-electron chi connectivity index (χ1n) is 3.34. The molecule has 0 aromatic rings. The highest BCUT2D eigenvalue weighted by Crippen LogP contribution is 2.30. The molecule has 0 aromatic carbocycles. The van der Waals surface area contributed by atoms with Gasteiger partial charge in [0.2, 0.25) is 0 Å². The molecule has 2 unspecified atom stereocenters. The van der Waals surface area contributed by atoms with E-state index in [9.17, 15) is 0 Å². The predicted octanol–water partition coefficient (Wildman–Crippen LogP) is 2.59. The molecule has 0 nitrogen and oxygen atoms in total. The molecule has 0 N–H and O–H groups in total. The molecule has 0 aromatic heterocycles. The minimum atomic E-state index is 0.120. The third kappa shape index (κ3) is 1.24. The van der Waals surface area contributed by atoms with Crippen molar-refractivity contribution < 1.29 is 0 Å². The Bertz CT molecular complexity index is 149. The van der Waals surface area contributed by atoms with Crippen LogP contribution in [0.4, 0.5) is 0 Å². The van der Waals surface area contributed by atoms with Gasteiger partial charge >= 0.3 is 0 Å². The van der Waals surface area contributed by atoms with Gasteiger partial charge in [0, 0.05) is 0 Å². The summed E-state index contributed by atoms with van der Waals surface area (Å²) in [7, 11) is 0. The molecule has 0 bridgehead atoms. The van der Waals surface area contributed by atoms with Crippen molar-refractivity contribution in [3.8, 4) is 0 Å². The van der Waals surface area contributed by atoms with Crippen LogP contribution < -0.4 is 0 Å². The molecule has 1 aliphatic rings. The van der Waals surface area contributed by atoms with E-state index in [1.807, 2.05) is 0 Å². The Labute approximate surface area is 57.3 Å². The second-order valence-electron chi connectivity index (χ2n) is 3.04. The summed E-state index contributed by atoms with van der Waals surface area (Å²) in [6, 6.07) is 0. The van der Waals surface area contributed by atoms with E-state index < -0.39 is 0 Å². The minimum Gasteiger partial charge on any atom is -0.0809 e. The molecule has 0 saturated heterocycles. The van der Waals surface area contributed by atoms with E-state index in [0.717, 1.165) is 0 Å². The van der Waals surface area contributed by atoms with Gasteiger partial charge in [0.1, 0.15) is 0 Å². The maximum Gasteiger partial charge on any atom is -0.00829 e. The van der Waals surface area contributed by atoms with Crippen molar-refractivity contribution in [2.24, 2.45) is 11.3 Å². The van der Waals surface area contributed by atoms with E-state index in [2.05, 4.69) is 45.1 Å². The third-order valence-corrected chi connectivity index (χ3v) is 2.03. The molecule has 0 fully saturated rings. The molecule has 0 spiro atoms. The summed E-state index contributed by atoms with van der Waals surface area (Å²) < 4.78 is 0. The van der Waals surface area contributed by atoms with E-state index in [4.69, 9.17) is 0 Å². The van der Waals surface area contributed by atoms with E-state index >= 15 is 0 Å². The van der Waals surface area contributed by atoms with Gasteiger partial charge in [-0.3, -0.25) is 0 Å². The lowest BCUT2D eigenvalue weighted by Gasteiger charge is -2.27. The Morgan fingerprint density at radius 3 is 2.44 bits per heavy atom. The van der Waals surface area contributed by atoms with Crippen molar-refractivity contribution in [1.82, 2.24) is 0 Å². The monoisotopic (exact) mass is 121 g/mol. The first kappa shape index (κ1) is 6.60. The van der Waals surface area contributed by atoms with Crippen LogP contribution >= 0.6 is 0 Å². The van der Waals surface area contributed by atoms with Crippen LogP contribution in [0.2, 0.25) is 0 Å². The number of rotatable bonds is 0. The fourth-order valence-electron chi connectivity index (χ4n) is 0.878. The van der Waals surface area contributed by atoms with Crippen LogP contribution in [0.15, 0.2) is 24.3 Å². The smallest absolute Gasteiger partial charge is 0.00829 e. The molecule has 1 rings (SSSR count). The molecular formula is C9H13. The quantitative estimate of drug-likeness (QED) is 0.462. The van der Waals surface area contributed by atoms with Gasteiger partial charge in [-0.15, -0.1) is 0 Å². The average molecular weight is 121 g/mol. The molecule has 0 saturated carbocycles. The highest BCUT2D eigenvalue weighted by molar-refractivity contribution is 5.19. The zero-order valence-electron chi connectivity index (χ0n) is 6.09. The molecular weight excluding hydrogens is 108 g/mol. The number of hydrogen-bond acceptors (Lipinski definition) is 0. The fraction of sp³-hybridized carbons (Fsp3) is 0.444. The number of allylic oxidation sites excluding steroid dienone is 4. The summed E-state index contributed by atoms with van der Waals surface area (Å²) in [6.45, 7) is 8.41. The fourth-order valence-corrected chi connectivity index (χ4v) is 0.878. The normalized spacial score (nSPS) is 30.8. The lowest BCUT2D eigenvalue weighted by Crippen LogP contribution is -2.18. The maximum absolute atomic E-state index is 4.07. The van der Waals surface area contributed by atoms with Crippen molar-refractivity contribution in [2.45, 2.75) is 13.8 Å². The molecule has 0 amide bonds. The van der Waals surface area contributed by atoms with Crippen LogP contribution in [0, 0.1) is 18.3 Å². The van der Waals surface area contributed by atoms with E-state index in [1.165, 1.54) is 0 Å². The molecule has 1 radical (unpaired) electrons. The Morgan fingerprint density at radius 1 is 1.44 bits per heavy atom. The molecule has 9 heavy (non-hydrogen) atoms. The number of hydrogen-bond donors (Lipinski definition) is 0. The lowest BCUT2D eigenvalue weighted by atomic mass is 9.77. The molecule has 1 aliphatic carbocycles. The van der Waals surface area contributed by atoms with Gasteiger partial charge in [-0.2, -0.15) is 0 Å². The zero-order chi connectivity index (χ0) is 6.91.